The van der Waals surface area contributed by atoms with Crippen molar-refractivity contribution in [3.05, 3.63) is 0 Å². The molecule has 0 aliphatic rings. The van der Waals surface area contributed by atoms with Crippen molar-refractivity contribution in [1.29, 1.82) is 0 Å². The first-order valence-electron chi connectivity index (χ1n) is 8.37. The van der Waals surface area contributed by atoms with Crippen molar-refractivity contribution in [3.63, 3.8) is 0 Å². The number of hydrogen-bond donors (Lipinski definition) is 1. The predicted molar refractivity (Wildman–Crippen MR) is 84.2 cm³/mol. The summed E-state index contributed by atoms with van der Waals surface area (Å²) in [5, 5.41) is 3.56. The molecule has 0 heterocycles. The molecular formula is C17H37N. The lowest BCUT2D eigenvalue weighted by Crippen LogP contribution is -2.39. The van der Waals surface area contributed by atoms with Gasteiger partial charge in [0.05, 0.1) is 0 Å². The van der Waals surface area contributed by atoms with Gasteiger partial charge in [-0.1, -0.05) is 78.1 Å². The second kappa shape index (κ2) is 12.0. The lowest BCUT2D eigenvalue weighted by molar-refractivity contribution is 0.307. The predicted octanol–water partition coefficient (Wildman–Crippen LogP) is 5.69. The van der Waals surface area contributed by atoms with Crippen molar-refractivity contribution in [1.82, 2.24) is 5.32 Å². The molecule has 0 saturated heterocycles. The van der Waals surface area contributed by atoms with E-state index in [0.29, 0.717) is 5.54 Å². The molecule has 0 aromatic heterocycles. The van der Waals surface area contributed by atoms with Crippen LogP contribution >= 0.6 is 0 Å². The van der Waals surface area contributed by atoms with Crippen LogP contribution in [0.2, 0.25) is 0 Å². The van der Waals surface area contributed by atoms with Crippen LogP contribution in [0.25, 0.3) is 0 Å². The summed E-state index contributed by atoms with van der Waals surface area (Å²) in [6.45, 7) is 6.98. The van der Waals surface area contributed by atoms with Crippen molar-refractivity contribution in [2.45, 2.75) is 103 Å². The van der Waals surface area contributed by atoms with E-state index >= 15 is 0 Å². The summed E-state index contributed by atoms with van der Waals surface area (Å²) in [5.41, 5.74) is 0.387. The molecule has 1 nitrogen and oxygen atoms in total. The second-order valence-electron chi connectivity index (χ2n) is 6.14. The first-order valence-corrected chi connectivity index (χ1v) is 8.37. The van der Waals surface area contributed by atoms with Crippen LogP contribution < -0.4 is 5.32 Å². The Kier molecular flexibility index (Phi) is 12.0. The van der Waals surface area contributed by atoms with Crippen molar-refractivity contribution < 1.29 is 0 Å². The van der Waals surface area contributed by atoms with Gasteiger partial charge in [-0.25, -0.2) is 0 Å². The highest BCUT2D eigenvalue weighted by molar-refractivity contribution is 4.81. The van der Waals surface area contributed by atoms with Gasteiger partial charge in [0, 0.05) is 5.54 Å². The van der Waals surface area contributed by atoms with E-state index in [-0.39, 0.29) is 0 Å². The molecule has 1 heteroatoms. The van der Waals surface area contributed by atoms with Gasteiger partial charge in [0.1, 0.15) is 0 Å². The molecule has 1 unspecified atom stereocenters. The number of hydrogen-bond acceptors (Lipinski definition) is 1. The zero-order valence-corrected chi connectivity index (χ0v) is 13.5. The SMILES string of the molecule is CCCCCCCCC(C)(CCCCCC)NC. The van der Waals surface area contributed by atoms with Gasteiger partial charge in [-0.3, -0.25) is 0 Å². The van der Waals surface area contributed by atoms with E-state index in [1.807, 2.05) is 0 Å². The van der Waals surface area contributed by atoms with Crippen molar-refractivity contribution >= 4 is 0 Å². The summed E-state index contributed by atoms with van der Waals surface area (Å²) in [6.07, 6.45) is 16.7. The molecule has 0 rings (SSSR count). The lowest BCUT2D eigenvalue weighted by atomic mass is 9.88. The fourth-order valence-electron chi connectivity index (χ4n) is 2.61. The third kappa shape index (κ3) is 9.94. The molecule has 0 radical (unpaired) electrons. The zero-order valence-electron chi connectivity index (χ0n) is 13.5. The molecule has 0 bridgehead atoms. The third-order valence-corrected chi connectivity index (χ3v) is 4.27. The van der Waals surface area contributed by atoms with Crippen LogP contribution in [-0.4, -0.2) is 12.6 Å². The molecular weight excluding hydrogens is 218 g/mol. The highest BCUT2D eigenvalue weighted by Gasteiger charge is 2.20. The van der Waals surface area contributed by atoms with Crippen LogP contribution in [0.5, 0.6) is 0 Å². The first-order chi connectivity index (χ1) is 8.68. The smallest absolute Gasteiger partial charge is 0.0150 e. The largest absolute Gasteiger partial charge is 0.315 e. The van der Waals surface area contributed by atoms with E-state index in [2.05, 4.69) is 33.1 Å². The maximum Gasteiger partial charge on any atom is 0.0150 e. The Morgan fingerprint density at radius 2 is 1.06 bits per heavy atom. The minimum absolute atomic E-state index is 0.387. The molecule has 1 N–H and O–H groups in total. The molecule has 0 aromatic carbocycles. The Bertz CT molecular complexity index is 167. The van der Waals surface area contributed by atoms with Crippen LogP contribution in [0.3, 0.4) is 0 Å². The molecule has 1 atom stereocenters. The lowest BCUT2D eigenvalue weighted by Gasteiger charge is -2.29. The van der Waals surface area contributed by atoms with Gasteiger partial charge < -0.3 is 5.32 Å². The summed E-state index contributed by atoms with van der Waals surface area (Å²) in [7, 11) is 2.14. The number of nitrogens with one attached hydrogen (secondary N) is 1. The second-order valence-corrected chi connectivity index (χ2v) is 6.14. The summed E-state index contributed by atoms with van der Waals surface area (Å²) < 4.78 is 0. The first kappa shape index (κ1) is 18.0. The standard InChI is InChI=1S/C17H37N/c1-5-7-9-11-12-14-16-17(3,18-4)15-13-10-8-6-2/h18H,5-16H2,1-4H3. The third-order valence-electron chi connectivity index (χ3n) is 4.27. The van der Waals surface area contributed by atoms with Crippen LogP contribution in [0.1, 0.15) is 97.8 Å². The number of rotatable bonds is 13. The summed E-state index contributed by atoms with van der Waals surface area (Å²) in [4.78, 5) is 0. The molecule has 18 heavy (non-hydrogen) atoms. The van der Waals surface area contributed by atoms with E-state index in [1.54, 1.807) is 0 Å². The van der Waals surface area contributed by atoms with Gasteiger partial charge in [0.15, 0.2) is 0 Å². The van der Waals surface area contributed by atoms with Crippen molar-refractivity contribution in [3.8, 4) is 0 Å². The van der Waals surface area contributed by atoms with Gasteiger partial charge in [-0.05, 0) is 26.8 Å². The Morgan fingerprint density at radius 1 is 0.667 bits per heavy atom. The molecule has 0 aromatic rings. The molecule has 0 saturated carbocycles. The molecule has 0 fully saturated rings. The maximum absolute atomic E-state index is 3.56. The Labute approximate surface area is 116 Å². The zero-order chi connectivity index (χ0) is 13.7. The average Bonchev–Trinajstić information content (AvgIpc) is 2.39. The molecule has 110 valence electrons. The maximum atomic E-state index is 3.56. The van der Waals surface area contributed by atoms with E-state index in [9.17, 15) is 0 Å². The van der Waals surface area contributed by atoms with Crippen LogP contribution in [0.4, 0.5) is 0 Å². The topological polar surface area (TPSA) is 12.0 Å². The highest BCUT2D eigenvalue weighted by Crippen LogP contribution is 2.22. The van der Waals surface area contributed by atoms with E-state index in [0.717, 1.165) is 0 Å². The van der Waals surface area contributed by atoms with Gasteiger partial charge in [-0.15, -0.1) is 0 Å². The van der Waals surface area contributed by atoms with Crippen LogP contribution in [-0.2, 0) is 0 Å². The Balaban J connectivity index is 3.58. The average molecular weight is 255 g/mol. The molecule has 0 spiro atoms. The summed E-state index contributed by atoms with van der Waals surface area (Å²) in [6, 6.07) is 0. The van der Waals surface area contributed by atoms with Crippen molar-refractivity contribution in [2.75, 3.05) is 7.05 Å². The normalized spacial score (nSPS) is 14.7. The molecule has 0 aliphatic heterocycles. The monoisotopic (exact) mass is 255 g/mol. The summed E-state index contributed by atoms with van der Waals surface area (Å²) in [5.74, 6) is 0. The summed E-state index contributed by atoms with van der Waals surface area (Å²) >= 11 is 0. The van der Waals surface area contributed by atoms with Crippen molar-refractivity contribution in [2.24, 2.45) is 0 Å². The highest BCUT2D eigenvalue weighted by atomic mass is 14.9. The van der Waals surface area contributed by atoms with Gasteiger partial charge in [0.25, 0.3) is 0 Å². The van der Waals surface area contributed by atoms with E-state index < -0.39 is 0 Å². The van der Waals surface area contributed by atoms with Crippen LogP contribution in [0.15, 0.2) is 0 Å². The van der Waals surface area contributed by atoms with E-state index in [1.165, 1.54) is 77.0 Å². The van der Waals surface area contributed by atoms with Gasteiger partial charge >= 0.3 is 0 Å². The molecule has 0 amide bonds. The Hall–Kier alpha value is -0.0400. The fraction of sp³-hybridized carbons (Fsp3) is 1.00. The quantitative estimate of drug-likeness (QED) is 0.417. The van der Waals surface area contributed by atoms with Crippen LogP contribution in [0, 0.1) is 0 Å². The van der Waals surface area contributed by atoms with E-state index in [4.69, 9.17) is 0 Å². The van der Waals surface area contributed by atoms with Gasteiger partial charge in [-0.2, -0.15) is 0 Å². The Morgan fingerprint density at radius 3 is 1.50 bits per heavy atom. The molecule has 0 aliphatic carbocycles. The van der Waals surface area contributed by atoms with Gasteiger partial charge in [0.2, 0.25) is 0 Å². The number of unbranched alkanes of at least 4 members (excludes halogenated alkanes) is 8. The minimum Gasteiger partial charge on any atom is -0.315 e. The fourth-order valence-corrected chi connectivity index (χ4v) is 2.61. The minimum atomic E-state index is 0.387.